The quantitative estimate of drug-likeness (QED) is 0.765. The topological polar surface area (TPSA) is 37.4 Å². The zero-order chi connectivity index (χ0) is 14.6. The van der Waals surface area contributed by atoms with Gasteiger partial charge in [0.25, 0.3) is 0 Å². The van der Waals surface area contributed by atoms with Crippen LogP contribution in [-0.4, -0.2) is 31.2 Å². The molecule has 2 rings (SSSR count). The molecule has 0 spiro atoms. The van der Waals surface area contributed by atoms with Crippen molar-refractivity contribution in [2.24, 2.45) is 0 Å². The maximum Gasteiger partial charge on any atom is 0.243 e. The summed E-state index contributed by atoms with van der Waals surface area (Å²) in [6, 6.07) is 6.40. The molecule has 0 aliphatic heterocycles. The van der Waals surface area contributed by atoms with Crippen molar-refractivity contribution in [3.05, 3.63) is 29.3 Å². The molecule has 0 radical (unpaired) electrons. The lowest BCUT2D eigenvalue weighted by Crippen LogP contribution is -2.42. The fourth-order valence-electron chi connectivity index (χ4n) is 2.69. The molecule has 112 valence electrons. The summed E-state index contributed by atoms with van der Waals surface area (Å²) in [5.74, 6) is 0.309. The molecular formula is C14H19Cl2NO2S. The highest BCUT2D eigenvalue weighted by molar-refractivity contribution is 7.89. The minimum Gasteiger partial charge on any atom is -0.207 e. The minimum absolute atomic E-state index is 0.0724. The molecule has 0 unspecified atom stereocenters. The van der Waals surface area contributed by atoms with Crippen LogP contribution in [0.15, 0.2) is 29.2 Å². The van der Waals surface area contributed by atoms with E-state index in [1.54, 1.807) is 28.6 Å². The van der Waals surface area contributed by atoms with Gasteiger partial charge in [0.05, 0.1) is 4.90 Å². The van der Waals surface area contributed by atoms with E-state index in [2.05, 4.69) is 0 Å². The van der Waals surface area contributed by atoms with Crippen LogP contribution in [0.5, 0.6) is 0 Å². The number of rotatable bonds is 5. The summed E-state index contributed by atoms with van der Waals surface area (Å²) in [5.41, 5.74) is 0. The molecule has 0 aromatic heterocycles. The van der Waals surface area contributed by atoms with Gasteiger partial charge in [0.15, 0.2) is 0 Å². The third kappa shape index (κ3) is 3.67. The maximum absolute atomic E-state index is 12.8. The van der Waals surface area contributed by atoms with Gasteiger partial charge in [0.1, 0.15) is 0 Å². The Morgan fingerprint density at radius 3 is 2.25 bits per heavy atom. The molecule has 6 heteroatoms. The van der Waals surface area contributed by atoms with Crippen molar-refractivity contribution >= 4 is 33.2 Å². The van der Waals surface area contributed by atoms with E-state index in [-0.39, 0.29) is 10.9 Å². The molecule has 1 fully saturated rings. The number of hydrogen-bond acceptors (Lipinski definition) is 2. The molecule has 1 aromatic rings. The van der Waals surface area contributed by atoms with E-state index in [4.69, 9.17) is 23.2 Å². The molecule has 1 aromatic carbocycles. The molecule has 20 heavy (non-hydrogen) atoms. The van der Waals surface area contributed by atoms with Crippen molar-refractivity contribution in [3.8, 4) is 0 Å². The van der Waals surface area contributed by atoms with Gasteiger partial charge in [-0.15, -0.1) is 11.6 Å². The van der Waals surface area contributed by atoms with E-state index in [9.17, 15) is 8.42 Å². The van der Waals surface area contributed by atoms with Crippen molar-refractivity contribution in [2.45, 2.75) is 43.0 Å². The Balaban J connectivity index is 2.28. The third-order valence-corrected chi connectivity index (χ3v) is 6.09. The number of nitrogens with zero attached hydrogens (tertiary/aromatic N) is 1. The molecule has 0 saturated heterocycles. The first kappa shape index (κ1) is 16.1. The van der Waals surface area contributed by atoms with E-state index in [0.29, 0.717) is 17.4 Å². The Morgan fingerprint density at radius 2 is 1.70 bits per heavy atom. The normalized spacial score (nSPS) is 17.6. The van der Waals surface area contributed by atoms with Gasteiger partial charge in [0, 0.05) is 23.5 Å². The van der Waals surface area contributed by atoms with Gasteiger partial charge in [-0.3, -0.25) is 0 Å². The summed E-state index contributed by atoms with van der Waals surface area (Å²) in [6.45, 7) is 0.358. The number of alkyl halides is 1. The molecule has 1 saturated carbocycles. The molecule has 1 aliphatic rings. The molecule has 3 nitrogen and oxygen atoms in total. The van der Waals surface area contributed by atoms with Crippen LogP contribution in [0.1, 0.15) is 32.1 Å². The Morgan fingerprint density at radius 1 is 1.10 bits per heavy atom. The predicted molar refractivity (Wildman–Crippen MR) is 82.9 cm³/mol. The SMILES string of the molecule is O=S(=O)(c1ccc(Cl)cc1)N(CCCl)C1CCCCC1. The molecule has 0 N–H and O–H groups in total. The largest absolute Gasteiger partial charge is 0.243 e. The van der Waals surface area contributed by atoms with Crippen molar-refractivity contribution in [1.29, 1.82) is 0 Å². The van der Waals surface area contributed by atoms with Gasteiger partial charge < -0.3 is 0 Å². The van der Waals surface area contributed by atoms with Crippen LogP contribution in [-0.2, 0) is 10.0 Å². The molecule has 0 bridgehead atoms. The van der Waals surface area contributed by atoms with Gasteiger partial charge in [-0.1, -0.05) is 30.9 Å². The van der Waals surface area contributed by atoms with Gasteiger partial charge >= 0.3 is 0 Å². The van der Waals surface area contributed by atoms with Crippen LogP contribution in [0.2, 0.25) is 5.02 Å². The average molecular weight is 336 g/mol. The number of hydrogen-bond donors (Lipinski definition) is 0. The van der Waals surface area contributed by atoms with Crippen LogP contribution in [0.3, 0.4) is 0 Å². The Labute approximate surface area is 130 Å². The van der Waals surface area contributed by atoms with E-state index in [1.807, 2.05) is 0 Å². The minimum atomic E-state index is -3.49. The molecule has 1 aliphatic carbocycles. The van der Waals surface area contributed by atoms with Crippen LogP contribution >= 0.6 is 23.2 Å². The fourth-order valence-corrected chi connectivity index (χ4v) is 4.79. The zero-order valence-corrected chi connectivity index (χ0v) is 13.6. The predicted octanol–water partition coefficient (Wildman–Crippen LogP) is 3.90. The van der Waals surface area contributed by atoms with Crippen LogP contribution in [0, 0.1) is 0 Å². The molecule has 0 heterocycles. The van der Waals surface area contributed by atoms with E-state index < -0.39 is 10.0 Å². The van der Waals surface area contributed by atoms with Crippen LogP contribution in [0.4, 0.5) is 0 Å². The van der Waals surface area contributed by atoms with E-state index in [1.165, 1.54) is 6.42 Å². The average Bonchev–Trinajstić information content (AvgIpc) is 2.46. The maximum atomic E-state index is 12.8. The first-order valence-corrected chi connectivity index (χ1v) is 9.24. The highest BCUT2D eigenvalue weighted by Gasteiger charge is 2.31. The smallest absolute Gasteiger partial charge is 0.207 e. The second-order valence-electron chi connectivity index (χ2n) is 5.05. The second kappa shape index (κ2) is 7.12. The monoisotopic (exact) mass is 335 g/mol. The van der Waals surface area contributed by atoms with Crippen molar-refractivity contribution in [1.82, 2.24) is 4.31 Å². The lowest BCUT2D eigenvalue weighted by atomic mass is 9.95. The summed E-state index contributed by atoms with van der Waals surface area (Å²) in [7, 11) is -3.49. The lowest BCUT2D eigenvalue weighted by molar-refractivity contribution is 0.262. The van der Waals surface area contributed by atoms with E-state index >= 15 is 0 Å². The first-order chi connectivity index (χ1) is 9.55. The Bertz CT molecular complexity index is 525. The molecule has 0 atom stereocenters. The number of benzene rings is 1. The third-order valence-electron chi connectivity index (χ3n) is 3.71. The molecular weight excluding hydrogens is 317 g/mol. The van der Waals surface area contributed by atoms with Crippen molar-refractivity contribution in [3.63, 3.8) is 0 Å². The van der Waals surface area contributed by atoms with Crippen LogP contribution < -0.4 is 0 Å². The van der Waals surface area contributed by atoms with Crippen LogP contribution in [0.25, 0.3) is 0 Å². The highest BCUT2D eigenvalue weighted by atomic mass is 35.5. The van der Waals surface area contributed by atoms with Gasteiger partial charge in [-0.05, 0) is 37.1 Å². The van der Waals surface area contributed by atoms with Crippen molar-refractivity contribution < 1.29 is 8.42 Å². The summed E-state index contributed by atoms with van der Waals surface area (Å²) < 4.78 is 27.1. The summed E-state index contributed by atoms with van der Waals surface area (Å²) in [6.07, 6.45) is 5.19. The fraction of sp³-hybridized carbons (Fsp3) is 0.571. The highest BCUT2D eigenvalue weighted by Crippen LogP contribution is 2.28. The summed E-state index contributed by atoms with van der Waals surface area (Å²) >= 11 is 11.6. The van der Waals surface area contributed by atoms with Gasteiger partial charge in [0.2, 0.25) is 10.0 Å². The molecule has 0 amide bonds. The lowest BCUT2D eigenvalue weighted by Gasteiger charge is -2.33. The van der Waals surface area contributed by atoms with Crippen molar-refractivity contribution in [2.75, 3.05) is 12.4 Å². The first-order valence-electron chi connectivity index (χ1n) is 6.89. The second-order valence-corrected chi connectivity index (χ2v) is 7.76. The Hall–Kier alpha value is -0.290. The number of halogens is 2. The summed E-state index contributed by atoms with van der Waals surface area (Å²) in [4.78, 5) is 0.289. The summed E-state index contributed by atoms with van der Waals surface area (Å²) in [5, 5.41) is 0.533. The van der Waals surface area contributed by atoms with Gasteiger partial charge in [-0.2, -0.15) is 4.31 Å². The van der Waals surface area contributed by atoms with Gasteiger partial charge in [-0.25, -0.2) is 8.42 Å². The standard InChI is InChI=1S/C14H19Cl2NO2S/c15-10-11-17(13-4-2-1-3-5-13)20(18,19)14-8-6-12(16)7-9-14/h6-9,13H,1-5,10-11H2. The Kier molecular flexibility index (Phi) is 5.73. The zero-order valence-electron chi connectivity index (χ0n) is 11.3. The van der Waals surface area contributed by atoms with E-state index in [0.717, 1.165) is 25.7 Å². The number of sulfonamides is 1.